The lowest BCUT2D eigenvalue weighted by Gasteiger charge is -1.90. The maximum Gasteiger partial charge on any atom is 0.150 e. The van der Waals surface area contributed by atoms with Gasteiger partial charge in [-0.25, -0.2) is 4.98 Å². The van der Waals surface area contributed by atoms with Gasteiger partial charge in [0, 0.05) is 0 Å². The van der Waals surface area contributed by atoms with E-state index < -0.39 is 0 Å². The first-order valence-electron chi connectivity index (χ1n) is 4.92. The molecule has 17 heavy (non-hydrogen) atoms. The van der Waals surface area contributed by atoms with Crippen LogP contribution >= 0.6 is 22.9 Å². The third-order valence-electron chi connectivity index (χ3n) is 2.47. The zero-order valence-corrected chi connectivity index (χ0v) is 10.1. The number of aromatic amines is 1. The molecule has 82 valence electrons. The molecule has 3 rings (SSSR count). The van der Waals surface area contributed by atoms with Crippen molar-refractivity contribution >= 4 is 34.0 Å². The molecule has 3 aromatic rings. The van der Waals surface area contributed by atoms with Gasteiger partial charge in [0.05, 0.1) is 21.0 Å². The Bertz CT molecular complexity index is 736. The number of benzene rings is 1. The minimum atomic E-state index is 0.567. The summed E-state index contributed by atoms with van der Waals surface area (Å²) in [6, 6.07) is 9.45. The van der Waals surface area contributed by atoms with Crippen LogP contribution in [0, 0.1) is 11.3 Å². The SMILES string of the molecule is N#Cc1cccc2[nH]c(-c3sccc3Cl)nc12. The third-order valence-corrected chi connectivity index (χ3v) is 3.81. The van der Waals surface area contributed by atoms with Gasteiger partial charge in [-0.15, -0.1) is 11.3 Å². The van der Waals surface area contributed by atoms with Crippen LogP contribution in [0.3, 0.4) is 0 Å². The summed E-state index contributed by atoms with van der Waals surface area (Å²) in [7, 11) is 0. The zero-order chi connectivity index (χ0) is 11.8. The number of para-hydroxylation sites is 1. The van der Waals surface area contributed by atoms with Crippen molar-refractivity contribution in [3.05, 3.63) is 40.2 Å². The van der Waals surface area contributed by atoms with Crippen molar-refractivity contribution in [1.29, 1.82) is 5.26 Å². The molecule has 0 aliphatic carbocycles. The van der Waals surface area contributed by atoms with Crippen LogP contribution in [-0.2, 0) is 0 Å². The van der Waals surface area contributed by atoms with Crippen molar-refractivity contribution in [2.45, 2.75) is 0 Å². The standard InChI is InChI=1S/C12H6ClN3S/c13-8-4-5-17-11(8)12-15-9-3-1-2-7(6-14)10(9)16-12/h1-5H,(H,15,16). The Balaban J connectivity index is 2.28. The fourth-order valence-corrected chi connectivity index (χ4v) is 2.78. The Labute approximate surface area is 106 Å². The second-order valence-corrected chi connectivity index (χ2v) is 4.82. The van der Waals surface area contributed by atoms with Gasteiger partial charge in [0.15, 0.2) is 0 Å². The fraction of sp³-hybridized carbons (Fsp3) is 0. The van der Waals surface area contributed by atoms with Crippen LogP contribution in [0.1, 0.15) is 5.56 Å². The van der Waals surface area contributed by atoms with Gasteiger partial charge >= 0.3 is 0 Å². The summed E-state index contributed by atoms with van der Waals surface area (Å²) in [5.41, 5.74) is 2.11. The lowest BCUT2D eigenvalue weighted by molar-refractivity contribution is 1.36. The average molecular weight is 260 g/mol. The van der Waals surface area contributed by atoms with Gasteiger partial charge in [-0.2, -0.15) is 5.26 Å². The summed E-state index contributed by atoms with van der Waals surface area (Å²) in [6.45, 7) is 0. The third kappa shape index (κ3) is 1.60. The smallest absolute Gasteiger partial charge is 0.150 e. The molecule has 0 fully saturated rings. The number of rotatable bonds is 1. The lowest BCUT2D eigenvalue weighted by Crippen LogP contribution is -1.77. The highest BCUT2D eigenvalue weighted by molar-refractivity contribution is 7.14. The number of imidazole rings is 1. The van der Waals surface area contributed by atoms with Gasteiger partial charge in [0.1, 0.15) is 17.4 Å². The molecular formula is C12H6ClN3S. The molecule has 0 bridgehead atoms. The van der Waals surface area contributed by atoms with Crippen molar-refractivity contribution in [3.8, 4) is 16.8 Å². The Hall–Kier alpha value is -1.83. The predicted octanol–water partition coefficient (Wildman–Crippen LogP) is 3.82. The Morgan fingerprint density at radius 3 is 2.94 bits per heavy atom. The van der Waals surface area contributed by atoms with Crippen LogP contribution in [-0.4, -0.2) is 9.97 Å². The molecule has 0 atom stereocenters. The normalized spacial score (nSPS) is 10.6. The van der Waals surface area contributed by atoms with Crippen LogP contribution in [0.5, 0.6) is 0 Å². The van der Waals surface area contributed by atoms with Gasteiger partial charge in [-0.05, 0) is 23.6 Å². The van der Waals surface area contributed by atoms with Crippen molar-refractivity contribution in [2.24, 2.45) is 0 Å². The number of nitrogens with one attached hydrogen (secondary N) is 1. The van der Waals surface area contributed by atoms with Crippen molar-refractivity contribution in [2.75, 3.05) is 0 Å². The van der Waals surface area contributed by atoms with Crippen molar-refractivity contribution < 1.29 is 0 Å². The van der Waals surface area contributed by atoms with Crippen molar-refractivity contribution in [1.82, 2.24) is 9.97 Å². The number of hydrogen-bond donors (Lipinski definition) is 1. The number of thiophene rings is 1. The van der Waals surface area contributed by atoms with Gasteiger partial charge in [0.2, 0.25) is 0 Å². The Kier molecular flexibility index (Phi) is 2.36. The van der Waals surface area contributed by atoms with E-state index in [4.69, 9.17) is 16.9 Å². The number of hydrogen-bond acceptors (Lipinski definition) is 3. The van der Waals surface area contributed by atoms with Crippen LogP contribution in [0.4, 0.5) is 0 Å². The minimum absolute atomic E-state index is 0.567. The predicted molar refractivity (Wildman–Crippen MR) is 69.1 cm³/mol. The van der Waals surface area contributed by atoms with Crippen LogP contribution in [0.15, 0.2) is 29.6 Å². The molecule has 1 N–H and O–H groups in total. The molecule has 0 aliphatic rings. The molecule has 1 aromatic carbocycles. The molecule has 0 radical (unpaired) electrons. The Morgan fingerprint density at radius 1 is 1.35 bits per heavy atom. The molecule has 0 amide bonds. The highest BCUT2D eigenvalue weighted by Gasteiger charge is 2.11. The molecule has 0 unspecified atom stereocenters. The number of aromatic nitrogens is 2. The first-order valence-corrected chi connectivity index (χ1v) is 6.17. The molecular weight excluding hydrogens is 254 g/mol. The second-order valence-electron chi connectivity index (χ2n) is 3.50. The summed E-state index contributed by atoms with van der Waals surface area (Å²) in [5.74, 6) is 0.711. The number of nitriles is 1. The number of fused-ring (bicyclic) bond motifs is 1. The minimum Gasteiger partial charge on any atom is -0.337 e. The van der Waals surface area contributed by atoms with E-state index in [1.165, 1.54) is 11.3 Å². The molecule has 2 heterocycles. The number of H-pyrrole nitrogens is 1. The topological polar surface area (TPSA) is 52.5 Å². The van der Waals surface area contributed by atoms with E-state index in [0.717, 1.165) is 10.4 Å². The number of nitrogens with zero attached hydrogens (tertiary/aromatic N) is 2. The van der Waals surface area contributed by atoms with Crippen LogP contribution in [0.25, 0.3) is 21.7 Å². The summed E-state index contributed by atoms with van der Waals surface area (Å²) in [5, 5.41) is 11.6. The monoisotopic (exact) mass is 259 g/mol. The average Bonchev–Trinajstić information content (AvgIpc) is 2.93. The molecule has 5 heteroatoms. The Morgan fingerprint density at radius 2 is 2.24 bits per heavy atom. The van der Waals surface area contributed by atoms with E-state index >= 15 is 0 Å². The quantitative estimate of drug-likeness (QED) is 0.722. The molecule has 2 aromatic heterocycles. The van der Waals surface area contributed by atoms with E-state index in [9.17, 15) is 0 Å². The van der Waals surface area contributed by atoms with E-state index in [2.05, 4.69) is 16.0 Å². The van der Waals surface area contributed by atoms with Crippen LogP contribution < -0.4 is 0 Å². The highest BCUT2D eigenvalue weighted by atomic mass is 35.5. The van der Waals surface area contributed by atoms with Crippen LogP contribution in [0.2, 0.25) is 5.02 Å². The molecule has 0 spiro atoms. The summed E-state index contributed by atoms with van der Waals surface area (Å²) in [4.78, 5) is 8.51. The van der Waals surface area contributed by atoms with E-state index in [0.29, 0.717) is 21.9 Å². The second kappa shape index (κ2) is 3.88. The van der Waals surface area contributed by atoms with E-state index in [1.54, 1.807) is 6.07 Å². The summed E-state index contributed by atoms with van der Waals surface area (Å²) >= 11 is 7.58. The van der Waals surface area contributed by atoms with E-state index in [1.807, 2.05) is 23.6 Å². The van der Waals surface area contributed by atoms with E-state index in [-0.39, 0.29) is 0 Å². The first kappa shape index (κ1) is 10.3. The summed E-state index contributed by atoms with van der Waals surface area (Å²) < 4.78 is 0. The largest absolute Gasteiger partial charge is 0.337 e. The molecule has 0 saturated heterocycles. The van der Waals surface area contributed by atoms with Gasteiger partial charge in [-0.3, -0.25) is 0 Å². The maximum absolute atomic E-state index is 9.00. The molecule has 0 saturated carbocycles. The number of halogens is 1. The molecule has 3 nitrogen and oxygen atoms in total. The molecule has 0 aliphatic heterocycles. The van der Waals surface area contributed by atoms with Gasteiger partial charge < -0.3 is 4.98 Å². The van der Waals surface area contributed by atoms with Crippen molar-refractivity contribution in [3.63, 3.8) is 0 Å². The highest BCUT2D eigenvalue weighted by Crippen LogP contribution is 2.32. The fourth-order valence-electron chi connectivity index (χ4n) is 1.69. The maximum atomic E-state index is 9.00. The zero-order valence-electron chi connectivity index (χ0n) is 8.57. The lowest BCUT2D eigenvalue weighted by atomic mass is 10.2. The first-order chi connectivity index (χ1) is 8.29. The van der Waals surface area contributed by atoms with Gasteiger partial charge in [-0.1, -0.05) is 17.7 Å². The summed E-state index contributed by atoms with van der Waals surface area (Å²) in [6.07, 6.45) is 0. The van der Waals surface area contributed by atoms with Gasteiger partial charge in [0.25, 0.3) is 0 Å².